The zero-order valence-electron chi connectivity index (χ0n) is 9.74. The van der Waals surface area contributed by atoms with Crippen molar-refractivity contribution < 1.29 is 9.47 Å². The van der Waals surface area contributed by atoms with E-state index in [9.17, 15) is 0 Å². The number of nitrogens with one attached hydrogen (secondary N) is 1. The van der Waals surface area contributed by atoms with Crippen LogP contribution in [0, 0.1) is 0 Å². The minimum absolute atomic E-state index is 0.0473. The number of hydrogen-bond acceptors (Lipinski definition) is 5. The maximum Gasteiger partial charge on any atom is 0.0937 e. The van der Waals surface area contributed by atoms with Crippen LogP contribution < -0.4 is 11.3 Å². The predicted octanol–water partition coefficient (Wildman–Crippen LogP) is 2.10. The first kappa shape index (κ1) is 13.3. The highest BCUT2D eigenvalue weighted by molar-refractivity contribution is 7.16. The van der Waals surface area contributed by atoms with Crippen molar-refractivity contribution >= 4 is 22.9 Å². The summed E-state index contributed by atoms with van der Waals surface area (Å²) in [6.07, 6.45) is 1.65. The molecule has 6 heteroatoms. The standard InChI is InChI=1S/C11H17ClN2O2S/c1-15-11(4-6-16-7-5-11)10(14-13)8-2-3-9(12)17-8/h2-3,10,14H,4-7,13H2,1H3. The highest BCUT2D eigenvalue weighted by atomic mass is 35.5. The molecule has 1 saturated heterocycles. The minimum Gasteiger partial charge on any atom is -0.381 e. The van der Waals surface area contributed by atoms with Crippen LogP contribution in [0.4, 0.5) is 0 Å². The van der Waals surface area contributed by atoms with Crippen LogP contribution in [0.3, 0.4) is 0 Å². The van der Waals surface area contributed by atoms with Gasteiger partial charge in [0.2, 0.25) is 0 Å². The molecule has 1 fully saturated rings. The minimum atomic E-state index is -0.304. The molecule has 0 aliphatic carbocycles. The zero-order chi connectivity index (χ0) is 12.3. The molecule has 1 aliphatic rings. The number of thiophene rings is 1. The second kappa shape index (κ2) is 5.65. The fourth-order valence-corrected chi connectivity index (χ4v) is 3.53. The first-order valence-electron chi connectivity index (χ1n) is 5.56. The highest BCUT2D eigenvalue weighted by Gasteiger charge is 2.41. The van der Waals surface area contributed by atoms with E-state index in [4.69, 9.17) is 26.9 Å². The second-order valence-corrected chi connectivity index (χ2v) is 5.87. The Morgan fingerprint density at radius 3 is 2.71 bits per heavy atom. The maximum atomic E-state index is 5.97. The predicted molar refractivity (Wildman–Crippen MR) is 69.2 cm³/mol. The molecule has 1 aromatic heterocycles. The van der Waals surface area contributed by atoms with E-state index in [2.05, 4.69) is 5.43 Å². The summed E-state index contributed by atoms with van der Waals surface area (Å²) < 4.78 is 11.9. The van der Waals surface area contributed by atoms with Crippen LogP contribution in [0.2, 0.25) is 4.34 Å². The Bertz CT molecular complexity index is 366. The number of hydrogen-bond donors (Lipinski definition) is 2. The van der Waals surface area contributed by atoms with Gasteiger partial charge in [-0.1, -0.05) is 11.6 Å². The normalized spacial score (nSPS) is 21.4. The van der Waals surface area contributed by atoms with Gasteiger partial charge >= 0.3 is 0 Å². The van der Waals surface area contributed by atoms with Crippen LogP contribution in [-0.4, -0.2) is 25.9 Å². The van der Waals surface area contributed by atoms with E-state index in [-0.39, 0.29) is 11.6 Å². The SMILES string of the molecule is COC1(C(NN)c2ccc(Cl)s2)CCOCC1. The van der Waals surface area contributed by atoms with Crippen LogP contribution in [0.25, 0.3) is 0 Å². The van der Waals surface area contributed by atoms with E-state index in [1.54, 1.807) is 7.11 Å². The van der Waals surface area contributed by atoms with Gasteiger partial charge in [-0.2, -0.15) is 0 Å². The third-order valence-corrected chi connectivity index (χ3v) is 4.61. The molecule has 1 aliphatic heterocycles. The fraction of sp³-hybridized carbons (Fsp3) is 0.636. The highest BCUT2D eigenvalue weighted by Crippen LogP contribution is 2.40. The molecule has 1 unspecified atom stereocenters. The molecular weight excluding hydrogens is 260 g/mol. The molecule has 0 amide bonds. The zero-order valence-corrected chi connectivity index (χ0v) is 11.3. The topological polar surface area (TPSA) is 56.5 Å². The lowest BCUT2D eigenvalue weighted by molar-refractivity contribution is -0.111. The molecule has 0 radical (unpaired) electrons. The summed E-state index contributed by atoms with van der Waals surface area (Å²) in [4.78, 5) is 1.10. The number of rotatable bonds is 4. The molecule has 0 saturated carbocycles. The van der Waals surface area contributed by atoms with Crippen LogP contribution >= 0.6 is 22.9 Å². The first-order valence-corrected chi connectivity index (χ1v) is 6.75. The van der Waals surface area contributed by atoms with Crippen molar-refractivity contribution in [1.82, 2.24) is 5.43 Å². The van der Waals surface area contributed by atoms with Gasteiger partial charge in [0.05, 0.1) is 16.0 Å². The number of nitrogens with two attached hydrogens (primary N) is 1. The third kappa shape index (κ3) is 2.65. The van der Waals surface area contributed by atoms with E-state index < -0.39 is 0 Å². The van der Waals surface area contributed by atoms with Gasteiger partial charge in [-0.25, -0.2) is 5.43 Å². The van der Waals surface area contributed by atoms with E-state index in [1.165, 1.54) is 11.3 Å². The third-order valence-electron chi connectivity index (χ3n) is 3.32. The summed E-state index contributed by atoms with van der Waals surface area (Å²) in [5, 5.41) is 0. The smallest absolute Gasteiger partial charge is 0.0937 e. The monoisotopic (exact) mass is 276 g/mol. The lowest BCUT2D eigenvalue weighted by Gasteiger charge is -2.41. The van der Waals surface area contributed by atoms with Gasteiger partial charge in [-0.05, 0) is 12.1 Å². The largest absolute Gasteiger partial charge is 0.381 e. The van der Waals surface area contributed by atoms with Crippen LogP contribution in [0.5, 0.6) is 0 Å². The van der Waals surface area contributed by atoms with Crippen molar-refractivity contribution in [1.29, 1.82) is 0 Å². The molecule has 0 spiro atoms. The lowest BCUT2D eigenvalue weighted by Crippen LogP contribution is -2.50. The lowest BCUT2D eigenvalue weighted by atomic mass is 9.85. The summed E-state index contributed by atoms with van der Waals surface area (Å²) in [5.74, 6) is 5.70. The summed E-state index contributed by atoms with van der Waals surface area (Å²) in [6, 6.07) is 3.83. The quantitative estimate of drug-likeness (QED) is 0.653. The molecule has 96 valence electrons. The Labute approximate surface area is 110 Å². The average molecular weight is 277 g/mol. The average Bonchev–Trinajstić information content (AvgIpc) is 2.78. The molecule has 4 nitrogen and oxygen atoms in total. The number of ether oxygens (including phenoxy) is 2. The molecule has 2 heterocycles. The van der Waals surface area contributed by atoms with Gasteiger partial charge in [0.1, 0.15) is 0 Å². The van der Waals surface area contributed by atoms with E-state index in [1.807, 2.05) is 12.1 Å². The summed E-state index contributed by atoms with van der Waals surface area (Å²) in [5.41, 5.74) is 2.56. The number of methoxy groups -OCH3 is 1. The van der Waals surface area contributed by atoms with Crippen molar-refractivity contribution in [3.8, 4) is 0 Å². The van der Waals surface area contributed by atoms with Crippen molar-refractivity contribution in [3.63, 3.8) is 0 Å². The molecule has 2 rings (SSSR count). The summed E-state index contributed by atoms with van der Waals surface area (Å²) in [7, 11) is 1.73. The Kier molecular flexibility index (Phi) is 4.41. The Hall–Kier alpha value is -0.170. The van der Waals surface area contributed by atoms with Crippen molar-refractivity contribution in [2.24, 2.45) is 5.84 Å². The number of halogens is 1. The Morgan fingerprint density at radius 1 is 1.53 bits per heavy atom. The first-order chi connectivity index (χ1) is 8.22. The van der Waals surface area contributed by atoms with Crippen molar-refractivity contribution in [2.45, 2.75) is 24.5 Å². The summed E-state index contributed by atoms with van der Waals surface area (Å²) >= 11 is 7.50. The molecule has 0 aromatic carbocycles. The molecule has 3 N–H and O–H groups in total. The molecular formula is C11H17ClN2O2S. The van der Waals surface area contributed by atoms with E-state index in [0.29, 0.717) is 13.2 Å². The fourth-order valence-electron chi connectivity index (χ4n) is 2.30. The molecule has 1 aromatic rings. The van der Waals surface area contributed by atoms with Gasteiger partial charge in [0, 0.05) is 38.0 Å². The van der Waals surface area contributed by atoms with Gasteiger partial charge in [0.15, 0.2) is 0 Å². The van der Waals surface area contributed by atoms with Gasteiger partial charge < -0.3 is 9.47 Å². The van der Waals surface area contributed by atoms with Crippen LogP contribution in [0.1, 0.15) is 23.8 Å². The van der Waals surface area contributed by atoms with Crippen LogP contribution in [-0.2, 0) is 9.47 Å². The Morgan fingerprint density at radius 2 is 2.24 bits per heavy atom. The van der Waals surface area contributed by atoms with Crippen molar-refractivity contribution in [3.05, 3.63) is 21.3 Å². The Balaban J connectivity index is 2.26. The second-order valence-electron chi connectivity index (χ2n) is 4.12. The maximum absolute atomic E-state index is 5.97. The molecule has 17 heavy (non-hydrogen) atoms. The van der Waals surface area contributed by atoms with Crippen LogP contribution in [0.15, 0.2) is 12.1 Å². The van der Waals surface area contributed by atoms with E-state index >= 15 is 0 Å². The van der Waals surface area contributed by atoms with Gasteiger partial charge in [0.25, 0.3) is 0 Å². The van der Waals surface area contributed by atoms with Crippen molar-refractivity contribution in [2.75, 3.05) is 20.3 Å². The van der Waals surface area contributed by atoms with Gasteiger partial charge in [-0.15, -0.1) is 11.3 Å². The molecule has 0 bridgehead atoms. The van der Waals surface area contributed by atoms with E-state index in [0.717, 1.165) is 22.1 Å². The molecule has 1 atom stereocenters. The number of hydrazine groups is 1. The van der Waals surface area contributed by atoms with Gasteiger partial charge in [-0.3, -0.25) is 5.84 Å². The summed E-state index contributed by atoms with van der Waals surface area (Å²) in [6.45, 7) is 1.40.